The van der Waals surface area contributed by atoms with Crippen LogP contribution in [0.4, 0.5) is 37.2 Å². The zero-order valence-electron chi connectivity index (χ0n) is 47.4. The van der Waals surface area contributed by atoms with Crippen LogP contribution < -0.4 is 9.80 Å². The summed E-state index contributed by atoms with van der Waals surface area (Å²) in [4.78, 5) is 4.13. The first-order valence-corrected chi connectivity index (χ1v) is 29.2. The molecule has 0 fully saturated rings. The molecule has 0 aliphatic heterocycles. The second-order valence-electron chi connectivity index (χ2n) is 21.5. The summed E-state index contributed by atoms with van der Waals surface area (Å²) in [5.41, 5.74) is 13.1. The quantitative estimate of drug-likeness (QED) is 0.0548. The van der Waals surface area contributed by atoms with Crippen LogP contribution in [0.15, 0.2) is 300 Å². The van der Waals surface area contributed by atoms with E-state index < -0.39 is 11.6 Å². The van der Waals surface area contributed by atoms with Gasteiger partial charge in [0, 0.05) is 38.1 Å². The third kappa shape index (κ3) is 9.61. The summed E-state index contributed by atoms with van der Waals surface area (Å²) in [6.45, 7) is 6.10. The molecule has 13 aromatic rings. The number of anilines is 5. The third-order valence-electron chi connectivity index (χ3n) is 16.4. The Kier molecular flexibility index (Phi) is 14.3. The highest BCUT2D eigenvalue weighted by molar-refractivity contribution is 6.21. The van der Waals surface area contributed by atoms with E-state index in [9.17, 15) is 0 Å². The predicted octanol–water partition coefficient (Wildman–Crippen LogP) is 23.0. The van der Waals surface area contributed by atoms with Crippen LogP contribution in [0.25, 0.3) is 94.3 Å². The second kappa shape index (κ2) is 23.1. The van der Waals surface area contributed by atoms with E-state index in [-0.39, 0.29) is 0 Å². The molecule has 0 bridgehead atoms. The standard InChI is InChI=1S/C80H58F2N2O2/c1-3-5-6-7-8-12-28-54-51-66(56-31-17-11-18-32-56)78(68(82)52-54)84(72-40-25-37-63-61-35-20-22-42-74(61)86-80(63)72)69-50-46-58-44-48-65-70(49-45-57-33-23-38-64(69)76(58)75(57)65)83(71-39-24-36-62-60-34-19-21-41-73(60)85-79(62)71)77(67(81)4-2)59(55-29-15-10-16-30-55)47-43-53-26-13-9-14-27-53/h3-5,7-37,39-42,44-52H,2,6,38,43H2,1H3/b5-3-,8-7?,28-12+,59-47-,77-67-. The molecule has 0 amide bonds. The number of fused-ring (bicyclic) bond motifs is 6. The zero-order valence-corrected chi connectivity index (χ0v) is 47.4. The lowest BCUT2D eigenvalue weighted by atomic mass is 9.91. The Labute approximate surface area is 498 Å². The van der Waals surface area contributed by atoms with Gasteiger partial charge in [-0.15, -0.1) is 0 Å². The fourth-order valence-corrected chi connectivity index (χ4v) is 12.5. The average molecular weight is 1120 g/mol. The minimum absolute atomic E-state index is 0.306. The number of rotatable bonds is 16. The molecule has 14 rings (SSSR count). The Morgan fingerprint density at radius 2 is 1.22 bits per heavy atom. The van der Waals surface area contributed by atoms with E-state index in [1.807, 2.05) is 176 Å². The molecule has 1 aliphatic rings. The number of hydrogen-bond donors (Lipinski definition) is 0. The Balaban J connectivity index is 1.06. The molecule has 0 saturated heterocycles. The lowest BCUT2D eigenvalue weighted by Crippen LogP contribution is -2.20. The molecule has 4 nitrogen and oxygen atoms in total. The number of para-hydroxylation sites is 4. The SMILES string of the molecule is C=C/C(F)=C(\C(=C/Cc1ccccc1)c1ccccc1)N(c1ccc2c3c1ccc1ccc(N(c4c(F)cc(/C=C/C=CC/C=C\C)cc4-c4ccccc4)c4cccc5c4oc4ccccc45)c(c13)CC=C2)c1cccc2c1oc1ccccc12. The molecule has 0 radical (unpaired) electrons. The van der Waals surface area contributed by atoms with Crippen molar-refractivity contribution in [2.45, 2.75) is 26.2 Å². The maximum atomic E-state index is 18.4. The largest absolute Gasteiger partial charge is 0.454 e. The van der Waals surface area contributed by atoms with Crippen molar-refractivity contribution >= 4 is 112 Å². The van der Waals surface area contributed by atoms with Crippen molar-refractivity contribution in [3.63, 3.8) is 0 Å². The van der Waals surface area contributed by atoms with E-state index in [2.05, 4.69) is 121 Å². The molecule has 2 aromatic heterocycles. The Bertz CT molecular complexity index is 4960. The highest BCUT2D eigenvalue weighted by Gasteiger charge is 2.32. The smallest absolute Gasteiger partial charge is 0.159 e. The van der Waals surface area contributed by atoms with Crippen LogP contribution in [-0.2, 0) is 12.8 Å². The molecule has 86 heavy (non-hydrogen) atoms. The first kappa shape index (κ1) is 53.2. The van der Waals surface area contributed by atoms with E-state index in [1.165, 1.54) is 6.08 Å². The Hall–Kier alpha value is -10.8. The van der Waals surface area contributed by atoms with Gasteiger partial charge in [-0.05, 0) is 130 Å². The fourth-order valence-electron chi connectivity index (χ4n) is 12.5. The molecule has 0 atom stereocenters. The Morgan fingerprint density at radius 1 is 0.581 bits per heavy atom. The lowest BCUT2D eigenvalue weighted by molar-refractivity contribution is 0.628. The number of halogens is 2. The normalized spacial score (nSPS) is 13.0. The highest BCUT2D eigenvalue weighted by Crippen LogP contribution is 2.53. The van der Waals surface area contributed by atoms with Crippen LogP contribution in [0.5, 0.6) is 0 Å². The van der Waals surface area contributed by atoms with Crippen molar-refractivity contribution in [1.29, 1.82) is 0 Å². The molecule has 0 unspecified atom stereocenters. The number of nitrogens with zero attached hydrogens (tertiary/aromatic N) is 2. The maximum Gasteiger partial charge on any atom is 0.159 e. The van der Waals surface area contributed by atoms with Gasteiger partial charge in [-0.3, -0.25) is 0 Å². The second-order valence-corrected chi connectivity index (χ2v) is 21.5. The minimum Gasteiger partial charge on any atom is -0.454 e. The van der Waals surface area contributed by atoms with Crippen LogP contribution in [0, 0.1) is 5.82 Å². The first-order chi connectivity index (χ1) is 42.4. The van der Waals surface area contributed by atoms with Crippen LogP contribution >= 0.6 is 0 Å². The van der Waals surface area contributed by atoms with Gasteiger partial charge >= 0.3 is 0 Å². The van der Waals surface area contributed by atoms with Crippen molar-refractivity contribution in [1.82, 2.24) is 0 Å². The van der Waals surface area contributed by atoms with Gasteiger partial charge in [-0.2, -0.15) is 0 Å². The molecule has 1 aliphatic carbocycles. The van der Waals surface area contributed by atoms with E-state index in [0.717, 1.165) is 105 Å². The van der Waals surface area contributed by atoms with Crippen molar-refractivity contribution in [3.05, 3.63) is 325 Å². The molecule has 0 spiro atoms. The number of benzene rings is 11. The molecule has 6 heteroatoms. The molecular formula is C80H58F2N2O2. The van der Waals surface area contributed by atoms with Crippen LogP contribution in [0.3, 0.4) is 0 Å². The fraction of sp³-hybridized carbons (Fsp3) is 0.0500. The predicted molar refractivity (Wildman–Crippen MR) is 358 cm³/mol. The van der Waals surface area contributed by atoms with Crippen molar-refractivity contribution in [3.8, 4) is 11.1 Å². The summed E-state index contributed by atoms with van der Waals surface area (Å²) in [6, 6.07) is 75.2. The summed E-state index contributed by atoms with van der Waals surface area (Å²) < 4.78 is 50.3. The third-order valence-corrected chi connectivity index (χ3v) is 16.4. The molecular weight excluding hydrogens is 1060 g/mol. The van der Waals surface area contributed by atoms with Crippen LogP contribution in [0.2, 0.25) is 0 Å². The number of allylic oxidation sites excluding steroid dienone is 10. The minimum atomic E-state index is -0.513. The molecule has 414 valence electrons. The van der Waals surface area contributed by atoms with Gasteiger partial charge in [0.25, 0.3) is 0 Å². The van der Waals surface area contributed by atoms with Crippen molar-refractivity contribution in [2.24, 2.45) is 0 Å². The summed E-state index contributed by atoms with van der Waals surface area (Å²) in [5, 5.41) is 7.57. The van der Waals surface area contributed by atoms with Crippen molar-refractivity contribution < 1.29 is 17.6 Å². The first-order valence-electron chi connectivity index (χ1n) is 29.2. The van der Waals surface area contributed by atoms with E-state index >= 15 is 8.78 Å². The molecule has 11 aromatic carbocycles. The van der Waals surface area contributed by atoms with Gasteiger partial charge in [0.1, 0.15) is 22.8 Å². The molecule has 0 saturated carbocycles. The highest BCUT2D eigenvalue weighted by atomic mass is 19.1. The molecule has 2 heterocycles. The lowest BCUT2D eigenvalue weighted by Gasteiger charge is -2.32. The molecule has 0 N–H and O–H groups in total. The van der Waals surface area contributed by atoms with Crippen LogP contribution in [0.1, 0.15) is 41.2 Å². The van der Waals surface area contributed by atoms with Crippen molar-refractivity contribution in [2.75, 3.05) is 9.80 Å². The van der Waals surface area contributed by atoms with E-state index in [1.54, 1.807) is 6.07 Å². The van der Waals surface area contributed by atoms with Gasteiger partial charge in [0.05, 0.1) is 34.1 Å². The summed E-state index contributed by atoms with van der Waals surface area (Å²) >= 11 is 0. The van der Waals surface area contributed by atoms with Gasteiger partial charge in [0.15, 0.2) is 11.2 Å². The van der Waals surface area contributed by atoms with Gasteiger partial charge in [-0.1, -0.05) is 237 Å². The maximum absolute atomic E-state index is 18.4. The summed E-state index contributed by atoms with van der Waals surface area (Å²) in [7, 11) is 0. The van der Waals surface area contributed by atoms with Crippen LogP contribution in [-0.4, -0.2) is 0 Å². The van der Waals surface area contributed by atoms with E-state index in [0.29, 0.717) is 57.9 Å². The number of hydrogen-bond acceptors (Lipinski definition) is 4. The monoisotopic (exact) mass is 1120 g/mol. The van der Waals surface area contributed by atoms with Gasteiger partial charge in [0.2, 0.25) is 0 Å². The zero-order chi connectivity index (χ0) is 58.1. The van der Waals surface area contributed by atoms with Gasteiger partial charge < -0.3 is 18.6 Å². The van der Waals surface area contributed by atoms with Gasteiger partial charge in [-0.25, -0.2) is 8.78 Å². The van der Waals surface area contributed by atoms with E-state index in [4.69, 9.17) is 8.83 Å². The topological polar surface area (TPSA) is 32.8 Å². The Morgan fingerprint density at radius 3 is 1.94 bits per heavy atom. The summed E-state index contributed by atoms with van der Waals surface area (Å²) in [5.74, 6) is -0.914. The average Bonchev–Trinajstić information content (AvgIpc) is 1.29. The summed E-state index contributed by atoms with van der Waals surface area (Å²) in [6.07, 6.45) is 21.8. The number of furan rings is 2.